The van der Waals surface area contributed by atoms with Crippen LogP contribution in [0.4, 0.5) is 8.78 Å². The summed E-state index contributed by atoms with van der Waals surface area (Å²) in [6.45, 7) is 4.51. The standard InChI is InChI=1S/C15H19F2NO/c1-9-3-4-18-11(5-9)7-15(19)12-8-13(16)10(2)6-14(12)17/h6,8-9,11,18H,3-5,7H2,1-2H3. The zero-order valence-corrected chi connectivity index (χ0v) is 11.3. The summed E-state index contributed by atoms with van der Waals surface area (Å²) >= 11 is 0. The van der Waals surface area contributed by atoms with E-state index in [0.29, 0.717) is 5.92 Å². The summed E-state index contributed by atoms with van der Waals surface area (Å²) in [6.07, 6.45) is 2.23. The lowest BCUT2D eigenvalue weighted by atomic mass is 9.90. The molecule has 1 aliphatic heterocycles. The van der Waals surface area contributed by atoms with Crippen molar-refractivity contribution in [2.24, 2.45) is 5.92 Å². The monoisotopic (exact) mass is 267 g/mol. The first kappa shape index (κ1) is 14.1. The lowest BCUT2D eigenvalue weighted by molar-refractivity contribution is 0.0954. The predicted molar refractivity (Wildman–Crippen MR) is 70.2 cm³/mol. The molecule has 4 heteroatoms. The number of benzene rings is 1. The molecule has 19 heavy (non-hydrogen) atoms. The van der Waals surface area contributed by atoms with E-state index in [1.54, 1.807) is 0 Å². The maximum absolute atomic E-state index is 13.7. The van der Waals surface area contributed by atoms with Gasteiger partial charge in [0.2, 0.25) is 0 Å². The smallest absolute Gasteiger partial charge is 0.167 e. The number of carbonyl (C=O) groups excluding carboxylic acids is 1. The highest BCUT2D eigenvalue weighted by Gasteiger charge is 2.23. The zero-order valence-electron chi connectivity index (χ0n) is 11.3. The summed E-state index contributed by atoms with van der Waals surface area (Å²) in [5.41, 5.74) is 0.0848. The van der Waals surface area contributed by atoms with Gasteiger partial charge in [-0.2, -0.15) is 0 Å². The number of halogens is 2. The molecule has 0 radical (unpaired) electrons. The van der Waals surface area contributed by atoms with Crippen LogP contribution >= 0.6 is 0 Å². The molecule has 2 unspecified atom stereocenters. The molecule has 2 rings (SSSR count). The molecule has 2 atom stereocenters. The quantitative estimate of drug-likeness (QED) is 0.852. The number of Topliss-reactive ketones (excluding diaryl/α,β-unsaturated/α-hetero) is 1. The van der Waals surface area contributed by atoms with Crippen LogP contribution in [-0.4, -0.2) is 18.4 Å². The average Bonchev–Trinajstić information content (AvgIpc) is 2.33. The van der Waals surface area contributed by atoms with Crippen molar-refractivity contribution in [2.75, 3.05) is 6.54 Å². The van der Waals surface area contributed by atoms with Crippen LogP contribution in [0.3, 0.4) is 0 Å². The highest BCUT2D eigenvalue weighted by molar-refractivity contribution is 5.96. The van der Waals surface area contributed by atoms with Crippen molar-refractivity contribution in [3.8, 4) is 0 Å². The van der Waals surface area contributed by atoms with Crippen LogP contribution in [-0.2, 0) is 0 Å². The van der Waals surface area contributed by atoms with Crippen LogP contribution in [0.15, 0.2) is 12.1 Å². The molecular weight excluding hydrogens is 248 g/mol. The molecule has 0 bridgehead atoms. The fourth-order valence-electron chi connectivity index (χ4n) is 2.57. The van der Waals surface area contributed by atoms with Gasteiger partial charge in [-0.05, 0) is 49.9 Å². The summed E-state index contributed by atoms with van der Waals surface area (Å²) in [7, 11) is 0. The minimum atomic E-state index is -0.632. The van der Waals surface area contributed by atoms with Gasteiger partial charge in [-0.3, -0.25) is 4.79 Å². The second-order valence-electron chi connectivity index (χ2n) is 5.49. The van der Waals surface area contributed by atoms with Gasteiger partial charge in [0.1, 0.15) is 11.6 Å². The third-order valence-corrected chi connectivity index (χ3v) is 3.74. The Kier molecular flexibility index (Phi) is 4.30. The van der Waals surface area contributed by atoms with Gasteiger partial charge in [-0.1, -0.05) is 6.92 Å². The molecule has 1 saturated heterocycles. The molecule has 0 aromatic heterocycles. The third-order valence-electron chi connectivity index (χ3n) is 3.74. The second kappa shape index (κ2) is 5.78. The maximum atomic E-state index is 13.7. The number of carbonyl (C=O) groups is 1. The van der Waals surface area contributed by atoms with Crippen molar-refractivity contribution < 1.29 is 13.6 Å². The van der Waals surface area contributed by atoms with Gasteiger partial charge in [-0.25, -0.2) is 8.78 Å². The zero-order chi connectivity index (χ0) is 14.0. The topological polar surface area (TPSA) is 29.1 Å². The summed E-state index contributed by atoms with van der Waals surface area (Å²) in [5, 5.41) is 3.26. The second-order valence-corrected chi connectivity index (χ2v) is 5.49. The molecule has 0 spiro atoms. The van der Waals surface area contributed by atoms with Crippen molar-refractivity contribution in [2.45, 2.75) is 39.2 Å². The van der Waals surface area contributed by atoms with E-state index < -0.39 is 11.6 Å². The molecule has 1 fully saturated rings. The molecule has 1 aliphatic rings. The minimum Gasteiger partial charge on any atom is -0.314 e. The largest absolute Gasteiger partial charge is 0.314 e. The predicted octanol–water partition coefficient (Wildman–Crippen LogP) is 3.23. The number of ketones is 1. The average molecular weight is 267 g/mol. The van der Waals surface area contributed by atoms with Gasteiger partial charge < -0.3 is 5.32 Å². The molecule has 0 aliphatic carbocycles. The van der Waals surface area contributed by atoms with E-state index in [9.17, 15) is 13.6 Å². The van der Waals surface area contributed by atoms with E-state index in [1.165, 1.54) is 6.92 Å². The lowest BCUT2D eigenvalue weighted by Gasteiger charge is -2.27. The Balaban J connectivity index is 2.09. The van der Waals surface area contributed by atoms with Crippen LogP contribution in [0, 0.1) is 24.5 Å². The Hall–Kier alpha value is -1.29. The van der Waals surface area contributed by atoms with Gasteiger partial charge in [0.25, 0.3) is 0 Å². The first-order chi connectivity index (χ1) is 8.97. The SMILES string of the molecule is Cc1cc(F)c(C(=O)CC2CC(C)CCN2)cc1F. The highest BCUT2D eigenvalue weighted by atomic mass is 19.1. The molecule has 1 N–H and O–H groups in total. The summed E-state index contributed by atoms with van der Waals surface area (Å²) in [6, 6.07) is 2.17. The Morgan fingerprint density at radius 1 is 1.37 bits per heavy atom. The van der Waals surface area contributed by atoms with E-state index in [0.717, 1.165) is 31.5 Å². The van der Waals surface area contributed by atoms with Crippen molar-refractivity contribution in [1.29, 1.82) is 0 Å². The third kappa shape index (κ3) is 3.38. The number of aryl methyl sites for hydroxylation is 1. The first-order valence-electron chi connectivity index (χ1n) is 6.69. The van der Waals surface area contributed by atoms with Crippen LogP contribution in [0.1, 0.15) is 42.1 Å². The van der Waals surface area contributed by atoms with E-state index in [-0.39, 0.29) is 29.4 Å². The van der Waals surface area contributed by atoms with E-state index >= 15 is 0 Å². The normalized spacial score (nSPS) is 23.4. The van der Waals surface area contributed by atoms with Gasteiger partial charge in [0.15, 0.2) is 5.78 Å². The maximum Gasteiger partial charge on any atom is 0.167 e. The van der Waals surface area contributed by atoms with Gasteiger partial charge in [0, 0.05) is 12.5 Å². The summed E-state index contributed by atoms with van der Waals surface area (Å²) < 4.78 is 27.1. The number of hydrogen-bond acceptors (Lipinski definition) is 2. The number of piperidine rings is 1. The van der Waals surface area contributed by atoms with Gasteiger partial charge in [0.05, 0.1) is 5.56 Å². The Labute approximate surface area is 112 Å². The van der Waals surface area contributed by atoms with Crippen LogP contribution in [0.25, 0.3) is 0 Å². The van der Waals surface area contributed by atoms with E-state index in [4.69, 9.17) is 0 Å². The fraction of sp³-hybridized carbons (Fsp3) is 0.533. The molecular formula is C15H19F2NO. The highest BCUT2D eigenvalue weighted by Crippen LogP contribution is 2.21. The van der Waals surface area contributed by atoms with Gasteiger partial charge in [-0.15, -0.1) is 0 Å². The van der Waals surface area contributed by atoms with Gasteiger partial charge >= 0.3 is 0 Å². The molecule has 1 aromatic rings. The number of rotatable bonds is 3. The fourth-order valence-corrected chi connectivity index (χ4v) is 2.57. The molecule has 1 heterocycles. The number of hydrogen-bond donors (Lipinski definition) is 1. The Morgan fingerprint density at radius 2 is 2.11 bits per heavy atom. The minimum absolute atomic E-state index is 0.0695. The Bertz CT molecular complexity index is 487. The molecule has 0 amide bonds. The molecule has 104 valence electrons. The van der Waals surface area contributed by atoms with E-state index in [1.807, 2.05) is 0 Å². The van der Waals surface area contributed by atoms with Crippen molar-refractivity contribution in [1.82, 2.24) is 5.32 Å². The van der Waals surface area contributed by atoms with E-state index in [2.05, 4.69) is 12.2 Å². The lowest BCUT2D eigenvalue weighted by Crippen LogP contribution is -2.38. The first-order valence-corrected chi connectivity index (χ1v) is 6.69. The Morgan fingerprint density at radius 3 is 2.79 bits per heavy atom. The van der Waals surface area contributed by atoms with Crippen molar-refractivity contribution in [3.63, 3.8) is 0 Å². The van der Waals surface area contributed by atoms with Crippen molar-refractivity contribution >= 4 is 5.78 Å². The molecule has 0 saturated carbocycles. The summed E-state index contributed by atoms with van der Waals surface area (Å²) in [5.74, 6) is -0.927. The number of nitrogens with one attached hydrogen (secondary N) is 1. The van der Waals surface area contributed by atoms with Crippen LogP contribution in [0.2, 0.25) is 0 Å². The molecule has 2 nitrogen and oxygen atoms in total. The van der Waals surface area contributed by atoms with Crippen LogP contribution < -0.4 is 5.32 Å². The van der Waals surface area contributed by atoms with Crippen LogP contribution in [0.5, 0.6) is 0 Å². The molecule has 1 aromatic carbocycles. The van der Waals surface area contributed by atoms with Crippen molar-refractivity contribution in [3.05, 3.63) is 34.9 Å². The summed E-state index contributed by atoms with van der Waals surface area (Å²) in [4.78, 5) is 12.1.